The van der Waals surface area contributed by atoms with Gasteiger partial charge >= 0.3 is 12.0 Å². The summed E-state index contributed by atoms with van der Waals surface area (Å²) in [6.45, 7) is 1.14. The Morgan fingerprint density at radius 3 is 2.29 bits per heavy atom. The van der Waals surface area contributed by atoms with Gasteiger partial charge in [0.1, 0.15) is 0 Å². The SMILES string of the molecule is CN(C)CCNC(=O)NC(=O)CC1(CC(=O)O)CCCC1. The Kier molecular flexibility index (Phi) is 6.61. The van der Waals surface area contributed by atoms with Crippen molar-refractivity contribution in [2.24, 2.45) is 5.41 Å². The zero-order valence-corrected chi connectivity index (χ0v) is 12.8. The van der Waals surface area contributed by atoms with Crippen molar-refractivity contribution in [1.82, 2.24) is 15.5 Å². The largest absolute Gasteiger partial charge is 0.481 e. The van der Waals surface area contributed by atoms with E-state index >= 15 is 0 Å². The van der Waals surface area contributed by atoms with E-state index in [2.05, 4.69) is 10.6 Å². The molecule has 3 N–H and O–H groups in total. The maximum Gasteiger partial charge on any atom is 0.321 e. The quantitative estimate of drug-likeness (QED) is 0.646. The summed E-state index contributed by atoms with van der Waals surface area (Å²) in [6.07, 6.45) is 3.43. The van der Waals surface area contributed by atoms with Crippen LogP contribution >= 0.6 is 0 Å². The van der Waals surface area contributed by atoms with Crippen molar-refractivity contribution < 1.29 is 19.5 Å². The predicted molar refractivity (Wildman–Crippen MR) is 77.9 cm³/mol. The summed E-state index contributed by atoms with van der Waals surface area (Å²) >= 11 is 0. The van der Waals surface area contributed by atoms with Gasteiger partial charge < -0.3 is 15.3 Å². The van der Waals surface area contributed by atoms with E-state index in [0.29, 0.717) is 13.1 Å². The van der Waals surface area contributed by atoms with E-state index < -0.39 is 23.3 Å². The molecule has 0 heterocycles. The molecule has 1 aliphatic rings. The van der Waals surface area contributed by atoms with Crippen LogP contribution in [-0.2, 0) is 9.59 Å². The highest BCUT2D eigenvalue weighted by Gasteiger charge is 2.38. The van der Waals surface area contributed by atoms with Crippen LogP contribution < -0.4 is 10.6 Å². The number of carbonyl (C=O) groups is 3. The molecule has 7 nitrogen and oxygen atoms in total. The van der Waals surface area contributed by atoms with E-state index in [4.69, 9.17) is 5.11 Å². The number of likely N-dealkylation sites (N-methyl/N-ethyl adjacent to an activating group) is 1. The van der Waals surface area contributed by atoms with Crippen LogP contribution in [0, 0.1) is 5.41 Å². The number of amides is 3. The monoisotopic (exact) mass is 299 g/mol. The lowest BCUT2D eigenvalue weighted by Gasteiger charge is -2.26. The van der Waals surface area contributed by atoms with Crippen molar-refractivity contribution >= 4 is 17.9 Å². The van der Waals surface area contributed by atoms with Crippen molar-refractivity contribution in [2.75, 3.05) is 27.2 Å². The number of hydrogen-bond acceptors (Lipinski definition) is 4. The number of rotatable bonds is 7. The second-order valence-electron chi connectivity index (χ2n) is 6.06. The Morgan fingerprint density at radius 2 is 1.76 bits per heavy atom. The van der Waals surface area contributed by atoms with E-state index in [-0.39, 0.29) is 12.8 Å². The molecule has 1 rings (SSSR count). The molecule has 0 atom stereocenters. The minimum atomic E-state index is -0.889. The number of nitrogens with one attached hydrogen (secondary N) is 2. The summed E-state index contributed by atoms with van der Waals surface area (Å²) < 4.78 is 0. The highest BCUT2D eigenvalue weighted by molar-refractivity contribution is 5.94. The molecule has 0 radical (unpaired) electrons. The normalized spacial score (nSPS) is 16.7. The molecule has 0 aromatic rings. The molecular formula is C14H25N3O4. The molecule has 0 aliphatic heterocycles. The lowest BCUT2D eigenvalue weighted by Crippen LogP contribution is -2.43. The minimum Gasteiger partial charge on any atom is -0.481 e. The maximum absolute atomic E-state index is 11.9. The van der Waals surface area contributed by atoms with Crippen molar-refractivity contribution in [3.8, 4) is 0 Å². The molecule has 0 aromatic carbocycles. The van der Waals surface area contributed by atoms with Gasteiger partial charge in [-0.2, -0.15) is 0 Å². The van der Waals surface area contributed by atoms with Gasteiger partial charge in [-0.05, 0) is 32.4 Å². The summed E-state index contributed by atoms with van der Waals surface area (Å²) in [5, 5.41) is 13.9. The summed E-state index contributed by atoms with van der Waals surface area (Å²) in [6, 6.07) is -0.523. The third-order valence-electron chi connectivity index (χ3n) is 3.82. The first-order valence-corrected chi connectivity index (χ1v) is 7.27. The first-order valence-electron chi connectivity index (χ1n) is 7.27. The topological polar surface area (TPSA) is 98.7 Å². The molecule has 3 amide bonds. The fraction of sp³-hybridized carbons (Fsp3) is 0.786. The van der Waals surface area contributed by atoms with Crippen LogP contribution in [0.4, 0.5) is 4.79 Å². The van der Waals surface area contributed by atoms with Crippen molar-refractivity contribution in [3.05, 3.63) is 0 Å². The molecule has 0 bridgehead atoms. The Labute approximate surface area is 125 Å². The van der Waals surface area contributed by atoms with E-state index in [1.54, 1.807) is 0 Å². The van der Waals surface area contributed by atoms with Gasteiger partial charge in [0.25, 0.3) is 0 Å². The van der Waals surface area contributed by atoms with Gasteiger partial charge in [0.15, 0.2) is 0 Å². The highest BCUT2D eigenvalue weighted by atomic mass is 16.4. The maximum atomic E-state index is 11.9. The summed E-state index contributed by atoms with van der Waals surface area (Å²) in [4.78, 5) is 36.3. The molecule has 0 saturated heterocycles. The fourth-order valence-electron chi connectivity index (χ4n) is 2.81. The van der Waals surface area contributed by atoms with Crippen LogP contribution in [0.3, 0.4) is 0 Å². The summed E-state index contributed by atoms with van der Waals surface area (Å²) in [5.74, 6) is -1.29. The molecule has 0 spiro atoms. The first-order chi connectivity index (χ1) is 9.83. The Balaban J connectivity index is 2.40. The number of carboxylic acids is 1. The summed E-state index contributed by atoms with van der Waals surface area (Å²) in [7, 11) is 3.78. The molecule has 120 valence electrons. The molecule has 1 saturated carbocycles. The lowest BCUT2D eigenvalue weighted by atomic mass is 9.79. The summed E-state index contributed by atoms with van der Waals surface area (Å²) in [5.41, 5.74) is -0.486. The van der Waals surface area contributed by atoms with Crippen LogP contribution in [-0.4, -0.2) is 55.1 Å². The highest BCUT2D eigenvalue weighted by Crippen LogP contribution is 2.43. The van der Waals surface area contributed by atoms with Crippen LogP contribution in [0.15, 0.2) is 0 Å². The van der Waals surface area contributed by atoms with Crippen LogP contribution in [0.2, 0.25) is 0 Å². The molecule has 1 fully saturated rings. The first kappa shape index (κ1) is 17.4. The number of aliphatic carboxylic acids is 1. The number of imide groups is 1. The van der Waals surface area contributed by atoms with Crippen LogP contribution in [0.25, 0.3) is 0 Å². The second kappa shape index (κ2) is 7.97. The van der Waals surface area contributed by atoms with Gasteiger partial charge in [0.05, 0.1) is 6.42 Å². The van der Waals surface area contributed by atoms with E-state index in [1.807, 2.05) is 19.0 Å². The Bertz CT molecular complexity index is 390. The molecule has 0 aromatic heterocycles. The van der Waals surface area contributed by atoms with E-state index in [1.165, 1.54) is 0 Å². The standard InChI is InChI=1S/C14H25N3O4/c1-17(2)8-7-15-13(21)16-11(18)9-14(10-12(19)20)5-3-4-6-14/h3-10H2,1-2H3,(H,19,20)(H2,15,16,18,21). The molecule has 1 aliphatic carbocycles. The smallest absolute Gasteiger partial charge is 0.321 e. The third kappa shape index (κ3) is 6.57. The molecule has 0 unspecified atom stereocenters. The third-order valence-corrected chi connectivity index (χ3v) is 3.82. The molecular weight excluding hydrogens is 274 g/mol. The van der Waals surface area contributed by atoms with Gasteiger partial charge in [-0.1, -0.05) is 12.8 Å². The van der Waals surface area contributed by atoms with E-state index in [0.717, 1.165) is 25.7 Å². The number of nitrogens with zero attached hydrogens (tertiary/aromatic N) is 1. The average molecular weight is 299 g/mol. The van der Waals surface area contributed by atoms with Crippen molar-refractivity contribution in [2.45, 2.75) is 38.5 Å². The van der Waals surface area contributed by atoms with Crippen molar-refractivity contribution in [3.63, 3.8) is 0 Å². The van der Waals surface area contributed by atoms with Gasteiger partial charge in [-0.25, -0.2) is 4.79 Å². The minimum absolute atomic E-state index is 0.0112. The predicted octanol–water partition coefficient (Wildman–Crippen LogP) is 0.799. The van der Waals surface area contributed by atoms with Gasteiger partial charge in [-0.15, -0.1) is 0 Å². The number of urea groups is 1. The fourth-order valence-corrected chi connectivity index (χ4v) is 2.81. The van der Waals surface area contributed by atoms with Gasteiger partial charge in [0.2, 0.25) is 5.91 Å². The van der Waals surface area contributed by atoms with E-state index in [9.17, 15) is 14.4 Å². The van der Waals surface area contributed by atoms with Crippen LogP contribution in [0.5, 0.6) is 0 Å². The van der Waals surface area contributed by atoms with Gasteiger partial charge in [-0.3, -0.25) is 14.9 Å². The zero-order chi connectivity index (χ0) is 15.9. The Hall–Kier alpha value is -1.63. The molecule has 21 heavy (non-hydrogen) atoms. The number of hydrogen-bond donors (Lipinski definition) is 3. The zero-order valence-electron chi connectivity index (χ0n) is 12.8. The Morgan fingerprint density at radius 1 is 1.14 bits per heavy atom. The number of carboxylic acid groups (broad SMARTS) is 1. The second-order valence-corrected chi connectivity index (χ2v) is 6.06. The molecule has 7 heteroatoms. The van der Waals surface area contributed by atoms with Crippen LogP contribution in [0.1, 0.15) is 38.5 Å². The average Bonchev–Trinajstić information content (AvgIpc) is 2.75. The number of carbonyl (C=O) groups excluding carboxylic acids is 2. The lowest BCUT2D eigenvalue weighted by molar-refractivity contribution is -0.140. The van der Waals surface area contributed by atoms with Gasteiger partial charge in [0, 0.05) is 19.5 Å². The van der Waals surface area contributed by atoms with Crippen molar-refractivity contribution in [1.29, 1.82) is 0 Å².